The lowest BCUT2D eigenvalue weighted by atomic mass is 10.1. The van der Waals surface area contributed by atoms with Crippen molar-refractivity contribution < 1.29 is 0 Å². The summed E-state index contributed by atoms with van der Waals surface area (Å²) in [5, 5.41) is 5.14. The second-order valence-electron chi connectivity index (χ2n) is 4.76. The molecule has 0 aromatic carbocycles. The zero-order valence-electron chi connectivity index (χ0n) is 10.6. The molecule has 3 aromatic rings. The van der Waals surface area contributed by atoms with Crippen LogP contribution in [0.2, 0.25) is 0 Å². The van der Waals surface area contributed by atoms with Crippen molar-refractivity contribution in [1.82, 2.24) is 19.6 Å². The molecule has 3 aromatic heterocycles. The van der Waals surface area contributed by atoms with Gasteiger partial charge in [-0.25, -0.2) is 9.50 Å². The Morgan fingerprint density at radius 1 is 1.39 bits per heavy atom. The summed E-state index contributed by atoms with van der Waals surface area (Å²) in [4.78, 5) is 18.7. The molecule has 0 spiro atoms. The minimum absolute atomic E-state index is 0.138. The Morgan fingerprint density at radius 3 is 2.89 bits per heavy atom. The van der Waals surface area contributed by atoms with Gasteiger partial charge in [0.2, 0.25) is 0 Å². The van der Waals surface area contributed by atoms with Gasteiger partial charge in [-0.2, -0.15) is 5.10 Å². The van der Waals surface area contributed by atoms with Crippen LogP contribution in [0, 0.1) is 6.92 Å². The Hall–Kier alpha value is -2.17. The van der Waals surface area contributed by atoms with Gasteiger partial charge in [-0.05, 0) is 18.9 Å². The normalized spacial score (nSPS) is 11.8. The second-order valence-corrected chi connectivity index (χ2v) is 4.76. The van der Waals surface area contributed by atoms with E-state index in [0.29, 0.717) is 11.3 Å². The lowest BCUT2D eigenvalue weighted by Gasteiger charge is -1.99. The molecule has 0 amide bonds. The number of rotatable bonds is 1. The number of aromatic nitrogens is 4. The lowest BCUT2D eigenvalue weighted by Crippen LogP contribution is -2.07. The average Bonchev–Trinajstić information content (AvgIpc) is 2.68. The van der Waals surface area contributed by atoms with Crippen LogP contribution in [-0.4, -0.2) is 19.6 Å². The Morgan fingerprint density at radius 2 is 2.17 bits per heavy atom. The number of pyridine rings is 1. The van der Waals surface area contributed by atoms with E-state index < -0.39 is 0 Å². The van der Waals surface area contributed by atoms with Gasteiger partial charge < -0.3 is 4.98 Å². The average molecular weight is 242 g/mol. The first kappa shape index (κ1) is 11.0. The molecule has 0 aliphatic rings. The van der Waals surface area contributed by atoms with Crippen LogP contribution >= 0.6 is 0 Å². The van der Waals surface area contributed by atoms with E-state index in [1.807, 2.05) is 13.0 Å². The van der Waals surface area contributed by atoms with Crippen LogP contribution in [-0.2, 0) is 0 Å². The number of nitrogens with zero attached hydrogens (tertiary/aromatic N) is 3. The maximum atomic E-state index is 11.7. The molecule has 0 bridgehead atoms. The van der Waals surface area contributed by atoms with Gasteiger partial charge in [0.25, 0.3) is 5.56 Å². The van der Waals surface area contributed by atoms with Gasteiger partial charge in [0, 0.05) is 18.0 Å². The third-order valence-electron chi connectivity index (χ3n) is 3.20. The highest BCUT2D eigenvalue weighted by molar-refractivity contribution is 5.79. The first-order valence-corrected chi connectivity index (χ1v) is 5.95. The number of H-pyrrole nitrogens is 1. The third-order valence-corrected chi connectivity index (χ3v) is 3.20. The summed E-state index contributed by atoms with van der Waals surface area (Å²) < 4.78 is 1.76. The maximum absolute atomic E-state index is 11.7. The predicted molar refractivity (Wildman–Crippen MR) is 69.9 cm³/mol. The molecule has 18 heavy (non-hydrogen) atoms. The summed E-state index contributed by atoms with van der Waals surface area (Å²) in [6, 6.07) is 1.85. The third kappa shape index (κ3) is 1.37. The molecule has 0 saturated carbocycles. The minimum atomic E-state index is -0.138. The Bertz CT molecular complexity index is 798. The molecule has 92 valence electrons. The highest BCUT2D eigenvalue weighted by atomic mass is 16.1. The molecule has 0 aliphatic carbocycles. The minimum Gasteiger partial charge on any atom is -0.328 e. The summed E-state index contributed by atoms with van der Waals surface area (Å²) in [5.41, 5.74) is 3.57. The van der Waals surface area contributed by atoms with Gasteiger partial charge in [0.05, 0.1) is 16.6 Å². The van der Waals surface area contributed by atoms with Gasteiger partial charge >= 0.3 is 0 Å². The molecular formula is C13H14N4O. The van der Waals surface area contributed by atoms with Crippen LogP contribution in [0.3, 0.4) is 0 Å². The van der Waals surface area contributed by atoms with Crippen LogP contribution < -0.4 is 5.56 Å². The summed E-state index contributed by atoms with van der Waals surface area (Å²) in [7, 11) is 0. The van der Waals surface area contributed by atoms with E-state index in [2.05, 4.69) is 28.9 Å². The van der Waals surface area contributed by atoms with Crippen LogP contribution in [0.5, 0.6) is 0 Å². The first-order chi connectivity index (χ1) is 8.59. The SMILES string of the molecule is Cc1c(C(C)C)nn2c1ncc1c(=O)[nH]ccc12. The molecule has 3 rings (SSSR count). The molecule has 1 N–H and O–H groups in total. The smallest absolute Gasteiger partial charge is 0.258 e. The fourth-order valence-corrected chi connectivity index (χ4v) is 2.29. The van der Waals surface area contributed by atoms with Gasteiger partial charge in [-0.1, -0.05) is 13.8 Å². The molecule has 0 saturated heterocycles. The van der Waals surface area contributed by atoms with Crippen LogP contribution in [0.4, 0.5) is 0 Å². The molecule has 0 fully saturated rings. The fraction of sp³-hybridized carbons (Fsp3) is 0.308. The number of fused-ring (bicyclic) bond motifs is 3. The van der Waals surface area contributed by atoms with Crippen molar-refractivity contribution in [2.45, 2.75) is 26.7 Å². The van der Waals surface area contributed by atoms with Crippen molar-refractivity contribution in [2.24, 2.45) is 0 Å². The van der Waals surface area contributed by atoms with Crippen molar-refractivity contribution in [3.05, 3.63) is 40.1 Å². The zero-order chi connectivity index (χ0) is 12.9. The van der Waals surface area contributed by atoms with Crippen LogP contribution in [0.1, 0.15) is 31.0 Å². The molecular weight excluding hydrogens is 228 g/mol. The zero-order valence-corrected chi connectivity index (χ0v) is 10.6. The van der Waals surface area contributed by atoms with E-state index in [9.17, 15) is 4.79 Å². The van der Waals surface area contributed by atoms with Crippen molar-refractivity contribution >= 4 is 16.6 Å². The molecule has 3 heterocycles. The Balaban J connectivity index is 2.52. The highest BCUT2D eigenvalue weighted by Gasteiger charge is 2.15. The Labute approximate surface area is 103 Å². The molecule has 0 aliphatic heterocycles. The van der Waals surface area contributed by atoms with Crippen molar-refractivity contribution in [1.29, 1.82) is 0 Å². The summed E-state index contributed by atoms with van der Waals surface area (Å²) in [6.07, 6.45) is 3.25. The van der Waals surface area contributed by atoms with Crippen LogP contribution in [0.25, 0.3) is 16.6 Å². The molecule has 5 heteroatoms. The van der Waals surface area contributed by atoms with Crippen molar-refractivity contribution in [2.75, 3.05) is 0 Å². The maximum Gasteiger partial charge on any atom is 0.258 e. The van der Waals surface area contributed by atoms with Gasteiger partial charge in [0.1, 0.15) is 0 Å². The van der Waals surface area contributed by atoms with E-state index in [-0.39, 0.29) is 5.56 Å². The highest BCUT2D eigenvalue weighted by Crippen LogP contribution is 2.22. The fourth-order valence-electron chi connectivity index (χ4n) is 2.29. The second kappa shape index (κ2) is 3.66. The number of aromatic amines is 1. The molecule has 5 nitrogen and oxygen atoms in total. The number of nitrogens with one attached hydrogen (secondary N) is 1. The molecule has 0 radical (unpaired) electrons. The molecule has 0 unspecified atom stereocenters. The predicted octanol–water partition coefficient (Wildman–Crippen LogP) is 2.00. The van der Waals surface area contributed by atoms with Crippen molar-refractivity contribution in [3.63, 3.8) is 0 Å². The van der Waals surface area contributed by atoms with Crippen LogP contribution in [0.15, 0.2) is 23.3 Å². The quantitative estimate of drug-likeness (QED) is 0.710. The summed E-state index contributed by atoms with van der Waals surface area (Å²) in [5.74, 6) is 0.337. The van der Waals surface area contributed by atoms with E-state index in [1.165, 1.54) is 0 Å². The monoisotopic (exact) mass is 242 g/mol. The summed E-state index contributed by atoms with van der Waals surface area (Å²) >= 11 is 0. The van der Waals surface area contributed by atoms with E-state index in [1.54, 1.807) is 16.9 Å². The topological polar surface area (TPSA) is 63.1 Å². The van der Waals surface area contributed by atoms with E-state index >= 15 is 0 Å². The lowest BCUT2D eigenvalue weighted by molar-refractivity contribution is 0.789. The molecule has 0 atom stereocenters. The number of hydrogen-bond donors (Lipinski definition) is 1. The summed E-state index contributed by atoms with van der Waals surface area (Å²) in [6.45, 7) is 6.22. The number of aryl methyl sites for hydroxylation is 1. The first-order valence-electron chi connectivity index (χ1n) is 5.95. The van der Waals surface area contributed by atoms with Crippen molar-refractivity contribution in [3.8, 4) is 0 Å². The van der Waals surface area contributed by atoms with Gasteiger partial charge in [-0.3, -0.25) is 4.79 Å². The Kier molecular flexibility index (Phi) is 2.23. The largest absolute Gasteiger partial charge is 0.328 e. The van der Waals surface area contributed by atoms with E-state index in [4.69, 9.17) is 0 Å². The van der Waals surface area contributed by atoms with E-state index in [0.717, 1.165) is 22.4 Å². The number of hydrogen-bond acceptors (Lipinski definition) is 3. The van der Waals surface area contributed by atoms with Gasteiger partial charge in [-0.15, -0.1) is 0 Å². The standard InChI is InChI=1S/C13H14N4O/c1-7(2)11-8(3)12-15-6-9-10(17(12)16-11)4-5-14-13(9)18/h4-7H,1-3H3,(H,14,18). The van der Waals surface area contributed by atoms with Gasteiger partial charge in [0.15, 0.2) is 5.65 Å².